The first-order chi connectivity index (χ1) is 10.1. The van der Waals surface area contributed by atoms with Crippen molar-refractivity contribution in [3.63, 3.8) is 0 Å². The van der Waals surface area contributed by atoms with E-state index >= 15 is 0 Å². The lowest BCUT2D eigenvalue weighted by atomic mass is 10.4. The summed E-state index contributed by atoms with van der Waals surface area (Å²) in [6, 6.07) is 0. The van der Waals surface area contributed by atoms with Crippen molar-refractivity contribution in [2.24, 2.45) is 0 Å². The lowest BCUT2D eigenvalue weighted by Crippen LogP contribution is -2.16. The van der Waals surface area contributed by atoms with E-state index in [1.807, 2.05) is 10.8 Å². The Morgan fingerprint density at radius 1 is 0.727 bits per heavy atom. The standard InChI is InChI=1S/C16H20N2S2Si2/c1-21(2,3)9-7-15-17-13(11-19-15)14-12-20-16(18-14)8-10-22(4,5)6/h11-12H,1-6H3. The Bertz CT molecular complexity index is 716. The SMILES string of the molecule is C[Si](C)(C)C#Cc1nc(-c2csc(C#C[Si](C)(C)C)n2)cs1. The van der Waals surface area contributed by atoms with E-state index in [2.05, 4.69) is 72.2 Å². The second kappa shape index (κ2) is 6.51. The lowest BCUT2D eigenvalue weighted by Gasteiger charge is -2.02. The van der Waals surface area contributed by atoms with Gasteiger partial charge in [-0.05, 0) is 11.8 Å². The highest BCUT2D eigenvalue weighted by Crippen LogP contribution is 2.23. The van der Waals surface area contributed by atoms with Gasteiger partial charge in [0, 0.05) is 10.8 Å². The van der Waals surface area contributed by atoms with E-state index < -0.39 is 16.1 Å². The highest BCUT2D eigenvalue weighted by molar-refractivity contribution is 7.11. The minimum Gasteiger partial charge on any atom is -0.226 e. The van der Waals surface area contributed by atoms with Crippen LogP contribution in [0.15, 0.2) is 10.8 Å². The van der Waals surface area contributed by atoms with Crippen LogP contribution < -0.4 is 0 Å². The summed E-state index contributed by atoms with van der Waals surface area (Å²) in [7, 11) is -2.71. The Hall–Kier alpha value is -1.19. The molecule has 0 atom stereocenters. The summed E-state index contributed by atoms with van der Waals surface area (Å²) in [5, 5.41) is 5.80. The van der Waals surface area contributed by atoms with Crippen LogP contribution in [0.2, 0.25) is 39.3 Å². The molecule has 0 radical (unpaired) electrons. The predicted octanol–water partition coefficient (Wildman–Crippen LogP) is 4.72. The molecule has 22 heavy (non-hydrogen) atoms. The van der Waals surface area contributed by atoms with Gasteiger partial charge in [0.2, 0.25) is 0 Å². The van der Waals surface area contributed by atoms with Crippen molar-refractivity contribution in [2.75, 3.05) is 0 Å². The smallest absolute Gasteiger partial charge is 0.166 e. The molecule has 2 rings (SSSR count). The minimum atomic E-state index is -1.36. The zero-order valence-corrected chi connectivity index (χ0v) is 17.5. The summed E-state index contributed by atoms with van der Waals surface area (Å²) < 4.78 is 0. The molecule has 0 N–H and O–H groups in total. The second-order valence-electron chi connectivity index (χ2n) is 7.08. The largest absolute Gasteiger partial charge is 0.226 e. The Kier molecular flexibility index (Phi) is 5.08. The number of hydrogen-bond acceptors (Lipinski definition) is 4. The molecular weight excluding hydrogens is 340 g/mol. The molecule has 0 spiro atoms. The molecule has 0 bridgehead atoms. The molecule has 2 heterocycles. The van der Waals surface area contributed by atoms with Gasteiger partial charge in [-0.1, -0.05) is 39.3 Å². The van der Waals surface area contributed by atoms with Crippen LogP contribution in [0.25, 0.3) is 11.4 Å². The normalized spacial score (nSPS) is 11.4. The molecule has 0 aliphatic carbocycles. The van der Waals surface area contributed by atoms with Crippen molar-refractivity contribution >= 4 is 38.8 Å². The highest BCUT2D eigenvalue weighted by atomic mass is 32.1. The van der Waals surface area contributed by atoms with Crippen LogP contribution in [-0.2, 0) is 0 Å². The predicted molar refractivity (Wildman–Crippen MR) is 104 cm³/mol. The zero-order valence-electron chi connectivity index (χ0n) is 13.9. The van der Waals surface area contributed by atoms with Crippen molar-refractivity contribution < 1.29 is 0 Å². The molecular formula is C16H20N2S2Si2. The summed E-state index contributed by atoms with van der Waals surface area (Å²) in [5.74, 6) is 6.40. The van der Waals surface area contributed by atoms with Gasteiger partial charge in [0.05, 0.1) is 0 Å². The highest BCUT2D eigenvalue weighted by Gasteiger charge is 2.11. The Morgan fingerprint density at radius 2 is 1.09 bits per heavy atom. The summed E-state index contributed by atoms with van der Waals surface area (Å²) in [5.41, 5.74) is 8.50. The van der Waals surface area contributed by atoms with E-state index in [1.54, 1.807) is 22.7 Å². The fraction of sp³-hybridized carbons (Fsp3) is 0.375. The van der Waals surface area contributed by atoms with Gasteiger partial charge < -0.3 is 0 Å². The zero-order chi connectivity index (χ0) is 16.4. The summed E-state index contributed by atoms with van der Waals surface area (Å²) in [4.78, 5) is 9.16. The maximum atomic E-state index is 4.58. The quantitative estimate of drug-likeness (QED) is 0.543. The van der Waals surface area contributed by atoms with Gasteiger partial charge in [0.1, 0.15) is 27.5 Å². The average molecular weight is 361 g/mol. The molecule has 0 fully saturated rings. The van der Waals surface area contributed by atoms with Crippen molar-refractivity contribution in [3.05, 3.63) is 20.8 Å². The topological polar surface area (TPSA) is 25.8 Å². The Balaban J connectivity index is 2.20. The van der Waals surface area contributed by atoms with Gasteiger partial charge in [-0.25, -0.2) is 9.97 Å². The molecule has 0 saturated carbocycles. The molecule has 2 aromatic rings. The summed E-state index contributed by atoms with van der Waals surface area (Å²) in [6.07, 6.45) is 0. The third-order valence-corrected chi connectivity index (χ3v) is 5.63. The Morgan fingerprint density at radius 3 is 1.41 bits per heavy atom. The van der Waals surface area contributed by atoms with E-state index in [0.717, 1.165) is 21.4 Å². The van der Waals surface area contributed by atoms with Gasteiger partial charge in [0.25, 0.3) is 0 Å². The molecule has 0 aromatic carbocycles. The van der Waals surface area contributed by atoms with Gasteiger partial charge >= 0.3 is 0 Å². The second-order valence-corrected chi connectivity index (χ2v) is 18.3. The molecule has 2 aromatic heterocycles. The number of aromatic nitrogens is 2. The molecule has 2 nitrogen and oxygen atoms in total. The van der Waals surface area contributed by atoms with Crippen LogP contribution in [0.3, 0.4) is 0 Å². The molecule has 6 heteroatoms. The molecule has 0 amide bonds. The number of nitrogens with zero attached hydrogens (tertiary/aromatic N) is 2. The molecule has 0 aliphatic rings. The van der Waals surface area contributed by atoms with E-state index in [1.165, 1.54) is 0 Å². The third kappa shape index (κ3) is 5.54. The molecule has 0 saturated heterocycles. The van der Waals surface area contributed by atoms with E-state index in [4.69, 9.17) is 0 Å². The van der Waals surface area contributed by atoms with Crippen molar-refractivity contribution in [2.45, 2.75) is 39.3 Å². The van der Waals surface area contributed by atoms with Gasteiger partial charge in [-0.15, -0.1) is 33.8 Å². The van der Waals surface area contributed by atoms with Gasteiger partial charge in [-0.2, -0.15) is 0 Å². The monoisotopic (exact) mass is 360 g/mol. The summed E-state index contributed by atoms with van der Waals surface area (Å²) in [6.45, 7) is 13.4. The first-order valence-corrected chi connectivity index (χ1v) is 15.9. The van der Waals surface area contributed by atoms with Crippen LogP contribution in [0.5, 0.6) is 0 Å². The maximum Gasteiger partial charge on any atom is 0.166 e. The minimum absolute atomic E-state index is 0.875. The van der Waals surface area contributed by atoms with E-state index in [-0.39, 0.29) is 0 Å². The van der Waals surface area contributed by atoms with Gasteiger partial charge in [-0.3, -0.25) is 0 Å². The van der Waals surface area contributed by atoms with Crippen molar-refractivity contribution in [3.8, 4) is 34.3 Å². The Labute approximate surface area is 143 Å². The van der Waals surface area contributed by atoms with Gasteiger partial charge in [0.15, 0.2) is 10.0 Å². The first kappa shape index (κ1) is 17.2. The fourth-order valence-corrected chi connectivity index (χ4v) is 3.86. The maximum absolute atomic E-state index is 4.58. The average Bonchev–Trinajstić information content (AvgIpc) is 3.01. The first-order valence-electron chi connectivity index (χ1n) is 7.10. The fourth-order valence-electron chi connectivity index (χ4n) is 1.38. The molecule has 0 aliphatic heterocycles. The summed E-state index contributed by atoms with van der Waals surface area (Å²) >= 11 is 3.17. The van der Waals surface area contributed by atoms with E-state index in [0.29, 0.717) is 0 Å². The lowest BCUT2D eigenvalue weighted by molar-refractivity contribution is 1.30. The van der Waals surface area contributed by atoms with Crippen LogP contribution in [0.4, 0.5) is 0 Å². The van der Waals surface area contributed by atoms with Crippen molar-refractivity contribution in [1.82, 2.24) is 9.97 Å². The number of thiazole rings is 2. The van der Waals surface area contributed by atoms with Crippen LogP contribution >= 0.6 is 22.7 Å². The number of rotatable bonds is 1. The third-order valence-electron chi connectivity index (χ3n) is 2.36. The molecule has 114 valence electrons. The van der Waals surface area contributed by atoms with Crippen LogP contribution in [0, 0.1) is 22.9 Å². The van der Waals surface area contributed by atoms with Crippen LogP contribution in [-0.4, -0.2) is 26.1 Å². The van der Waals surface area contributed by atoms with E-state index in [9.17, 15) is 0 Å². The van der Waals surface area contributed by atoms with Crippen molar-refractivity contribution in [1.29, 1.82) is 0 Å². The van der Waals surface area contributed by atoms with Crippen LogP contribution in [0.1, 0.15) is 10.0 Å². The number of hydrogen-bond donors (Lipinski definition) is 0. The molecule has 0 unspecified atom stereocenters.